The average Bonchev–Trinajstić information content (AvgIpc) is 2.67. The molecule has 134 valence electrons. The number of hydrogen-bond donors (Lipinski definition) is 1. The fourth-order valence-corrected chi connectivity index (χ4v) is 2.69. The summed E-state index contributed by atoms with van der Waals surface area (Å²) in [6.45, 7) is 1.80. The molecule has 0 radical (unpaired) electrons. The SMILES string of the molecule is COc1ccc(NC(=O)c2cc3ccc(OC)cc3nc2C)c(OC)c1. The van der Waals surface area contributed by atoms with Crippen LogP contribution >= 0.6 is 0 Å². The van der Waals surface area contributed by atoms with E-state index in [1.807, 2.05) is 24.3 Å². The number of ether oxygens (including phenoxy) is 3. The molecule has 3 rings (SSSR count). The number of fused-ring (bicyclic) bond motifs is 1. The second-order valence-corrected chi connectivity index (χ2v) is 5.70. The number of amides is 1. The number of anilines is 1. The summed E-state index contributed by atoms with van der Waals surface area (Å²) >= 11 is 0. The van der Waals surface area contributed by atoms with Crippen LogP contribution in [0.2, 0.25) is 0 Å². The fourth-order valence-electron chi connectivity index (χ4n) is 2.69. The normalized spacial score (nSPS) is 10.5. The minimum absolute atomic E-state index is 0.254. The summed E-state index contributed by atoms with van der Waals surface area (Å²) in [7, 11) is 4.73. The lowest BCUT2D eigenvalue weighted by Crippen LogP contribution is -2.15. The van der Waals surface area contributed by atoms with Crippen LogP contribution in [-0.4, -0.2) is 32.2 Å². The Bertz CT molecular complexity index is 969. The van der Waals surface area contributed by atoms with Crippen molar-refractivity contribution in [2.24, 2.45) is 0 Å². The molecule has 0 saturated heterocycles. The number of aromatic nitrogens is 1. The van der Waals surface area contributed by atoms with Crippen molar-refractivity contribution in [2.75, 3.05) is 26.6 Å². The zero-order valence-electron chi connectivity index (χ0n) is 15.1. The molecule has 0 fully saturated rings. The molecule has 0 unspecified atom stereocenters. The number of carbonyl (C=O) groups excluding carboxylic acids is 1. The molecule has 26 heavy (non-hydrogen) atoms. The van der Waals surface area contributed by atoms with Crippen LogP contribution in [0.4, 0.5) is 5.69 Å². The van der Waals surface area contributed by atoms with Crippen molar-refractivity contribution in [3.63, 3.8) is 0 Å². The molecule has 0 aliphatic heterocycles. The Balaban J connectivity index is 1.94. The minimum Gasteiger partial charge on any atom is -0.497 e. The van der Waals surface area contributed by atoms with Crippen LogP contribution in [0.5, 0.6) is 17.2 Å². The van der Waals surface area contributed by atoms with E-state index >= 15 is 0 Å². The highest BCUT2D eigenvalue weighted by atomic mass is 16.5. The number of rotatable bonds is 5. The lowest BCUT2D eigenvalue weighted by Gasteiger charge is -2.13. The molecule has 6 heteroatoms. The Hall–Kier alpha value is -3.28. The van der Waals surface area contributed by atoms with E-state index in [0.717, 1.165) is 16.7 Å². The number of nitrogens with one attached hydrogen (secondary N) is 1. The van der Waals surface area contributed by atoms with Gasteiger partial charge >= 0.3 is 0 Å². The molecule has 2 aromatic carbocycles. The fraction of sp³-hybridized carbons (Fsp3) is 0.200. The van der Waals surface area contributed by atoms with Crippen LogP contribution in [0, 0.1) is 6.92 Å². The van der Waals surface area contributed by atoms with E-state index in [1.54, 1.807) is 46.5 Å². The van der Waals surface area contributed by atoms with E-state index in [4.69, 9.17) is 14.2 Å². The van der Waals surface area contributed by atoms with Gasteiger partial charge in [-0.1, -0.05) is 0 Å². The van der Waals surface area contributed by atoms with Gasteiger partial charge in [-0.3, -0.25) is 9.78 Å². The number of aryl methyl sites for hydroxylation is 1. The van der Waals surface area contributed by atoms with Crippen LogP contribution in [0.15, 0.2) is 42.5 Å². The van der Waals surface area contributed by atoms with Crippen molar-refractivity contribution >= 4 is 22.5 Å². The third kappa shape index (κ3) is 3.39. The summed E-state index contributed by atoms with van der Waals surface area (Å²) in [4.78, 5) is 17.3. The Morgan fingerprint density at radius 2 is 1.62 bits per heavy atom. The summed E-state index contributed by atoms with van der Waals surface area (Å²) in [6, 6.07) is 12.6. The lowest BCUT2D eigenvalue weighted by molar-refractivity contribution is 0.102. The van der Waals surface area contributed by atoms with Gasteiger partial charge in [0.15, 0.2) is 0 Å². The summed E-state index contributed by atoms with van der Waals surface area (Å²) in [5, 5.41) is 3.74. The quantitative estimate of drug-likeness (QED) is 0.756. The van der Waals surface area contributed by atoms with E-state index in [2.05, 4.69) is 10.3 Å². The van der Waals surface area contributed by atoms with E-state index in [9.17, 15) is 4.79 Å². The molecule has 1 N–H and O–H groups in total. The molecule has 1 heterocycles. The number of carbonyl (C=O) groups is 1. The highest BCUT2D eigenvalue weighted by Gasteiger charge is 2.15. The van der Waals surface area contributed by atoms with Crippen LogP contribution in [0.3, 0.4) is 0 Å². The van der Waals surface area contributed by atoms with Gasteiger partial charge in [-0.05, 0) is 37.3 Å². The predicted molar refractivity (Wildman–Crippen MR) is 101 cm³/mol. The van der Waals surface area contributed by atoms with E-state index in [1.165, 1.54) is 0 Å². The monoisotopic (exact) mass is 352 g/mol. The first-order valence-corrected chi connectivity index (χ1v) is 8.04. The predicted octanol–water partition coefficient (Wildman–Crippen LogP) is 3.82. The minimum atomic E-state index is -0.254. The number of hydrogen-bond acceptors (Lipinski definition) is 5. The van der Waals surface area contributed by atoms with Crippen molar-refractivity contribution in [3.8, 4) is 17.2 Å². The van der Waals surface area contributed by atoms with Crippen molar-refractivity contribution in [3.05, 3.63) is 53.7 Å². The van der Waals surface area contributed by atoms with Gasteiger partial charge in [0.2, 0.25) is 0 Å². The van der Waals surface area contributed by atoms with Crippen LogP contribution in [0.25, 0.3) is 10.9 Å². The van der Waals surface area contributed by atoms with Gasteiger partial charge in [0.1, 0.15) is 17.2 Å². The standard InChI is InChI=1S/C20H20N2O4/c1-12-16(9-13-5-6-14(24-2)10-18(13)21-12)20(23)22-17-8-7-15(25-3)11-19(17)26-4/h5-11H,1-4H3,(H,22,23). The Kier molecular flexibility index (Phi) is 4.93. The maximum Gasteiger partial charge on any atom is 0.257 e. The maximum absolute atomic E-state index is 12.8. The second kappa shape index (κ2) is 7.31. The van der Waals surface area contributed by atoms with E-state index < -0.39 is 0 Å². The zero-order valence-corrected chi connectivity index (χ0v) is 15.1. The molecule has 1 aromatic heterocycles. The molecule has 0 aliphatic carbocycles. The first kappa shape index (κ1) is 17.5. The average molecular weight is 352 g/mol. The first-order chi connectivity index (χ1) is 12.5. The van der Waals surface area contributed by atoms with Gasteiger partial charge in [0, 0.05) is 17.5 Å². The van der Waals surface area contributed by atoms with Gasteiger partial charge in [0.25, 0.3) is 5.91 Å². The van der Waals surface area contributed by atoms with Crippen LogP contribution in [-0.2, 0) is 0 Å². The number of pyridine rings is 1. The molecule has 0 bridgehead atoms. The number of nitrogens with zero attached hydrogens (tertiary/aromatic N) is 1. The molecule has 1 amide bonds. The first-order valence-electron chi connectivity index (χ1n) is 8.04. The maximum atomic E-state index is 12.8. The van der Waals surface area contributed by atoms with Gasteiger partial charge in [0.05, 0.1) is 43.8 Å². The van der Waals surface area contributed by atoms with Crippen molar-refractivity contribution in [2.45, 2.75) is 6.92 Å². The molecule has 3 aromatic rings. The zero-order chi connectivity index (χ0) is 18.7. The van der Waals surface area contributed by atoms with Gasteiger partial charge in [-0.25, -0.2) is 0 Å². The molecular weight excluding hydrogens is 332 g/mol. The second-order valence-electron chi connectivity index (χ2n) is 5.70. The van der Waals surface area contributed by atoms with Gasteiger partial charge in [-0.2, -0.15) is 0 Å². The summed E-state index contributed by atoms with van der Waals surface area (Å²) < 4.78 is 15.7. The third-order valence-electron chi connectivity index (χ3n) is 4.12. The van der Waals surface area contributed by atoms with Crippen molar-refractivity contribution in [1.82, 2.24) is 4.98 Å². The van der Waals surface area contributed by atoms with E-state index in [0.29, 0.717) is 28.4 Å². The van der Waals surface area contributed by atoms with Gasteiger partial charge < -0.3 is 19.5 Å². The topological polar surface area (TPSA) is 69.7 Å². The van der Waals surface area contributed by atoms with Crippen molar-refractivity contribution < 1.29 is 19.0 Å². The largest absolute Gasteiger partial charge is 0.497 e. The molecule has 0 spiro atoms. The summed E-state index contributed by atoms with van der Waals surface area (Å²) in [6.07, 6.45) is 0. The molecule has 0 aliphatic rings. The van der Waals surface area contributed by atoms with Crippen LogP contribution in [0.1, 0.15) is 16.1 Å². The highest BCUT2D eigenvalue weighted by molar-refractivity contribution is 6.07. The molecule has 6 nitrogen and oxygen atoms in total. The molecular formula is C20H20N2O4. The Morgan fingerprint density at radius 1 is 0.923 bits per heavy atom. The summed E-state index contributed by atoms with van der Waals surface area (Å²) in [5.41, 5.74) is 2.48. The van der Waals surface area contributed by atoms with Crippen LogP contribution < -0.4 is 19.5 Å². The lowest BCUT2D eigenvalue weighted by atomic mass is 10.1. The number of methoxy groups -OCH3 is 3. The van der Waals surface area contributed by atoms with E-state index in [-0.39, 0.29) is 5.91 Å². The molecule has 0 saturated carbocycles. The molecule has 0 atom stereocenters. The van der Waals surface area contributed by atoms with Crippen molar-refractivity contribution in [1.29, 1.82) is 0 Å². The van der Waals surface area contributed by atoms with Gasteiger partial charge in [-0.15, -0.1) is 0 Å². The Morgan fingerprint density at radius 3 is 2.31 bits per heavy atom. The smallest absolute Gasteiger partial charge is 0.257 e. The third-order valence-corrected chi connectivity index (χ3v) is 4.12. The Labute approximate surface area is 151 Å². The summed E-state index contributed by atoms with van der Waals surface area (Å²) in [5.74, 6) is 1.65. The number of benzene rings is 2. The highest BCUT2D eigenvalue weighted by Crippen LogP contribution is 2.30.